The zero-order valence-corrected chi connectivity index (χ0v) is 21.6. The van der Waals surface area contributed by atoms with Gasteiger partial charge in [0.1, 0.15) is 12.7 Å². The Balaban J connectivity index is 2.12. The van der Waals surface area contributed by atoms with E-state index in [1.165, 1.54) is 109 Å². The molecule has 1 unspecified atom stereocenters. The SMILES string of the molecule is CCCCC1(C2(C3(C(=O)OCC(O)CO)CCCCCC3)CCCCCC2)CCCCCC1. The van der Waals surface area contributed by atoms with Crippen LogP contribution in [0.1, 0.15) is 142 Å². The summed E-state index contributed by atoms with van der Waals surface area (Å²) >= 11 is 0. The van der Waals surface area contributed by atoms with E-state index in [0.717, 1.165) is 25.7 Å². The summed E-state index contributed by atoms with van der Waals surface area (Å²) in [4.78, 5) is 14.2. The van der Waals surface area contributed by atoms with Gasteiger partial charge in [-0.1, -0.05) is 96.8 Å². The summed E-state index contributed by atoms with van der Waals surface area (Å²) in [7, 11) is 0. The second-order valence-corrected chi connectivity index (χ2v) is 11.7. The molecule has 2 N–H and O–H groups in total. The summed E-state index contributed by atoms with van der Waals surface area (Å²) in [5, 5.41) is 19.3. The molecule has 0 aliphatic heterocycles. The van der Waals surface area contributed by atoms with E-state index in [1.54, 1.807) is 0 Å². The van der Waals surface area contributed by atoms with Crippen LogP contribution in [0.4, 0.5) is 0 Å². The minimum absolute atomic E-state index is 0.0155. The third-order valence-electron chi connectivity index (χ3n) is 9.92. The molecular weight excluding hydrogens is 412 g/mol. The quantitative estimate of drug-likeness (QED) is 0.282. The predicted molar refractivity (Wildman–Crippen MR) is 134 cm³/mol. The molecule has 0 heterocycles. The number of rotatable bonds is 9. The lowest BCUT2D eigenvalue weighted by atomic mass is 9.43. The molecule has 192 valence electrons. The molecule has 3 fully saturated rings. The number of carbonyl (C=O) groups excluding carboxylic acids is 1. The Bertz CT molecular complexity index is 562. The number of carbonyl (C=O) groups is 1. The van der Waals surface area contributed by atoms with Crippen molar-refractivity contribution in [2.75, 3.05) is 13.2 Å². The van der Waals surface area contributed by atoms with Crippen molar-refractivity contribution in [1.29, 1.82) is 0 Å². The molecule has 0 saturated heterocycles. The van der Waals surface area contributed by atoms with E-state index < -0.39 is 11.5 Å². The van der Waals surface area contributed by atoms with Crippen molar-refractivity contribution in [2.45, 2.75) is 148 Å². The highest BCUT2D eigenvalue weighted by molar-refractivity contribution is 5.78. The fourth-order valence-corrected chi connectivity index (χ4v) is 8.31. The summed E-state index contributed by atoms with van der Waals surface area (Å²) in [5.41, 5.74) is -0.175. The molecule has 0 aromatic heterocycles. The van der Waals surface area contributed by atoms with Crippen LogP contribution in [-0.4, -0.2) is 35.5 Å². The van der Waals surface area contributed by atoms with Crippen LogP contribution in [0.25, 0.3) is 0 Å². The molecule has 3 aliphatic rings. The van der Waals surface area contributed by atoms with Crippen molar-refractivity contribution in [3.05, 3.63) is 0 Å². The molecule has 1 atom stereocenters. The Labute approximate surface area is 203 Å². The van der Waals surface area contributed by atoms with E-state index >= 15 is 0 Å². The van der Waals surface area contributed by atoms with Crippen molar-refractivity contribution < 1.29 is 19.7 Å². The molecule has 3 aliphatic carbocycles. The van der Waals surface area contributed by atoms with Gasteiger partial charge in [-0.25, -0.2) is 0 Å². The van der Waals surface area contributed by atoms with E-state index in [2.05, 4.69) is 6.92 Å². The van der Waals surface area contributed by atoms with Gasteiger partial charge in [0.2, 0.25) is 0 Å². The fourth-order valence-electron chi connectivity index (χ4n) is 8.31. The Hall–Kier alpha value is -0.610. The number of aliphatic hydroxyl groups excluding tert-OH is 2. The molecule has 3 rings (SSSR count). The third-order valence-corrected chi connectivity index (χ3v) is 9.92. The van der Waals surface area contributed by atoms with Gasteiger partial charge < -0.3 is 14.9 Å². The van der Waals surface area contributed by atoms with Gasteiger partial charge in [0.15, 0.2) is 0 Å². The van der Waals surface area contributed by atoms with Crippen molar-refractivity contribution >= 4 is 5.97 Å². The van der Waals surface area contributed by atoms with Crippen molar-refractivity contribution in [1.82, 2.24) is 0 Å². The Morgan fingerprint density at radius 2 is 1.27 bits per heavy atom. The van der Waals surface area contributed by atoms with Gasteiger partial charge in [0, 0.05) is 0 Å². The second kappa shape index (κ2) is 12.9. The van der Waals surface area contributed by atoms with Crippen LogP contribution in [0.15, 0.2) is 0 Å². The molecule has 33 heavy (non-hydrogen) atoms. The number of unbranched alkanes of at least 4 members (excludes halogenated alkanes) is 1. The molecule has 0 aromatic rings. The number of ether oxygens (including phenoxy) is 1. The highest BCUT2D eigenvalue weighted by Gasteiger charge is 2.64. The number of aliphatic hydroxyl groups is 2. The summed E-state index contributed by atoms with van der Waals surface area (Å²) < 4.78 is 5.93. The van der Waals surface area contributed by atoms with E-state index in [0.29, 0.717) is 0 Å². The average Bonchev–Trinajstić information content (AvgIpc) is 3.34. The lowest BCUT2D eigenvalue weighted by Gasteiger charge is -2.60. The maximum Gasteiger partial charge on any atom is 0.312 e. The molecule has 4 heteroatoms. The third kappa shape index (κ3) is 5.80. The fraction of sp³-hybridized carbons (Fsp3) is 0.966. The Kier molecular flexibility index (Phi) is 10.6. The zero-order valence-electron chi connectivity index (χ0n) is 21.6. The predicted octanol–water partition coefficient (Wildman–Crippen LogP) is 7.09. The minimum atomic E-state index is -0.978. The monoisotopic (exact) mass is 464 g/mol. The van der Waals surface area contributed by atoms with Gasteiger partial charge >= 0.3 is 5.97 Å². The smallest absolute Gasteiger partial charge is 0.312 e. The average molecular weight is 465 g/mol. The summed E-state index contributed by atoms with van der Waals surface area (Å²) in [6.45, 7) is 1.89. The Morgan fingerprint density at radius 3 is 1.76 bits per heavy atom. The van der Waals surface area contributed by atoms with E-state index in [9.17, 15) is 15.0 Å². The lowest BCUT2D eigenvalue weighted by Crippen LogP contribution is -2.58. The molecule has 3 saturated carbocycles. The molecule has 0 aromatic carbocycles. The molecule has 0 spiro atoms. The first-order valence-corrected chi connectivity index (χ1v) is 14.5. The number of hydrogen-bond donors (Lipinski definition) is 2. The first-order chi connectivity index (χ1) is 16.1. The maximum atomic E-state index is 14.2. The van der Waals surface area contributed by atoms with Crippen LogP contribution < -0.4 is 0 Å². The van der Waals surface area contributed by atoms with Crippen LogP contribution in [0, 0.1) is 16.2 Å². The molecule has 0 amide bonds. The summed E-state index contributed by atoms with van der Waals surface area (Å²) in [6.07, 6.45) is 24.6. The molecular formula is C29H52O4. The van der Waals surface area contributed by atoms with E-state index in [-0.39, 0.29) is 30.0 Å². The largest absolute Gasteiger partial charge is 0.462 e. The topological polar surface area (TPSA) is 66.8 Å². The minimum Gasteiger partial charge on any atom is -0.462 e. The van der Waals surface area contributed by atoms with Gasteiger partial charge in [-0.2, -0.15) is 0 Å². The first kappa shape index (κ1) is 27.0. The zero-order chi connectivity index (χ0) is 23.6. The van der Waals surface area contributed by atoms with Crippen molar-refractivity contribution in [3.8, 4) is 0 Å². The normalized spacial score (nSPS) is 26.4. The summed E-state index contributed by atoms with van der Waals surface area (Å²) in [6, 6.07) is 0. The number of esters is 1. The van der Waals surface area contributed by atoms with Gasteiger partial charge in [-0.3, -0.25) is 4.79 Å². The van der Waals surface area contributed by atoms with Crippen LogP contribution >= 0.6 is 0 Å². The highest BCUT2D eigenvalue weighted by atomic mass is 16.5. The Morgan fingerprint density at radius 1 is 0.788 bits per heavy atom. The van der Waals surface area contributed by atoms with Crippen LogP contribution in [0.3, 0.4) is 0 Å². The number of hydrogen-bond acceptors (Lipinski definition) is 4. The van der Waals surface area contributed by atoms with Gasteiger partial charge in [-0.15, -0.1) is 0 Å². The highest BCUT2D eigenvalue weighted by Crippen LogP contribution is 2.68. The van der Waals surface area contributed by atoms with Crippen LogP contribution in [0.2, 0.25) is 0 Å². The maximum absolute atomic E-state index is 14.2. The van der Waals surface area contributed by atoms with Crippen molar-refractivity contribution in [3.63, 3.8) is 0 Å². The second-order valence-electron chi connectivity index (χ2n) is 11.7. The van der Waals surface area contributed by atoms with Crippen LogP contribution in [-0.2, 0) is 9.53 Å². The van der Waals surface area contributed by atoms with Crippen molar-refractivity contribution in [2.24, 2.45) is 16.2 Å². The molecule has 0 bridgehead atoms. The lowest BCUT2D eigenvalue weighted by molar-refractivity contribution is -0.190. The first-order valence-electron chi connectivity index (χ1n) is 14.5. The van der Waals surface area contributed by atoms with E-state index in [1.807, 2.05) is 0 Å². The van der Waals surface area contributed by atoms with Gasteiger partial charge in [-0.05, 0) is 55.8 Å². The van der Waals surface area contributed by atoms with E-state index in [4.69, 9.17) is 4.74 Å². The van der Waals surface area contributed by atoms with Gasteiger partial charge in [0.25, 0.3) is 0 Å². The molecule has 0 radical (unpaired) electrons. The van der Waals surface area contributed by atoms with Gasteiger partial charge in [0.05, 0.1) is 12.0 Å². The summed E-state index contributed by atoms with van der Waals surface area (Å²) in [5.74, 6) is -0.0427. The standard InChI is InChI=1S/C29H52O4/c1-2-3-16-27(17-10-4-5-11-18-27)29(21-14-8-9-15-22-29)28(19-12-6-7-13-20-28)26(32)33-24-25(31)23-30/h25,30-31H,2-24H2,1H3. The molecule has 4 nitrogen and oxygen atoms in total. The van der Waals surface area contributed by atoms with Crippen LogP contribution in [0.5, 0.6) is 0 Å².